The predicted molar refractivity (Wildman–Crippen MR) is 87.3 cm³/mol. The van der Waals surface area contributed by atoms with E-state index in [0.29, 0.717) is 10.8 Å². The maximum Gasteiger partial charge on any atom is 0.354 e. The van der Waals surface area contributed by atoms with Crippen LogP contribution < -0.4 is 4.90 Å². The average Bonchev–Trinajstić information content (AvgIpc) is 3.07. The van der Waals surface area contributed by atoms with E-state index in [9.17, 15) is 19.3 Å². The molecule has 0 bridgehead atoms. The first kappa shape index (κ1) is 16.7. The van der Waals surface area contributed by atoms with Crippen LogP contribution in [0.15, 0.2) is 34.7 Å². The molecular weight excluding hydrogens is 328 g/mol. The van der Waals surface area contributed by atoms with E-state index < -0.39 is 23.3 Å². The minimum atomic E-state index is -1.61. The molecule has 0 saturated carbocycles. The molecule has 9 heteroatoms. The smallest absolute Gasteiger partial charge is 0.354 e. The van der Waals surface area contributed by atoms with Crippen LogP contribution in [0.3, 0.4) is 0 Å². The quantitative estimate of drug-likeness (QED) is 0.463. The largest absolute Gasteiger partial charge is 0.461 e. The summed E-state index contributed by atoms with van der Waals surface area (Å²) in [6.07, 6.45) is -0.498. The number of imide groups is 1. The summed E-state index contributed by atoms with van der Waals surface area (Å²) < 4.78 is 4.86. The van der Waals surface area contributed by atoms with Crippen LogP contribution in [0.5, 0.6) is 0 Å². The van der Waals surface area contributed by atoms with Gasteiger partial charge >= 0.3 is 5.97 Å². The highest BCUT2D eigenvalue weighted by atomic mass is 16.5. The first-order valence-electron chi connectivity index (χ1n) is 7.75. The molecule has 3 rings (SSSR count). The number of nitroso groups, excluding NO2 is 1. The fraction of sp³-hybridized carbons (Fsp3) is 0.375. The zero-order valence-electron chi connectivity index (χ0n) is 13.8. The molecule has 0 aromatic heterocycles. The van der Waals surface area contributed by atoms with Crippen LogP contribution >= 0.6 is 0 Å². The number of carbonyl (C=O) groups excluding carboxylic acids is 3. The number of aryl methyl sites for hydroxylation is 1. The molecule has 1 saturated heterocycles. The van der Waals surface area contributed by atoms with E-state index in [2.05, 4.69) is 10.4 Å². The molecule has 130 valence electrons. The number of hydrogen-bond acceptors (Lipinski definition) is 7. The molecule has 1 aromatic carbocycles. The van der Waals surface area contributed by atoms with Crippen LogP contribution in [0.4, 0.5) is 5.69 Å². The first-order valence-corrected chi connectivity index (χ1v) is 7.75. The van der Waals surface area contributed by atoms with Crippen molar-refractivity contribution in [1.29, 1.82) is 0 Å². The summed E-state index contributed by atoms with van der Waals surface area (Å²) in [7, 11) is 0. The van der Waals surface area contributed by atoms with Crippen LogP contribution in [0.25, 0.3) is 0 Å². The van der Waals surface area contributed by atoms with Crippen molar-refractivity contribution in [3.05, 3.63) is 34.7 Å². The molecule has 0 aliphatic carbocycles. The third-order valence-corrected chi connectivity index (χ3v) is 4.23. The summed E-state index contributed by atoms with van der Waals surface area (Å²) in [5.74, 6) is -1.85. The second-order valence-corrected chi connectivity index (χ2v) is 5.89. The van der Waals surface area contributed by atoms with Crippen molar-refractivity contribution in [3.8, 4) is 0 Å². The molecule has 2 aliphatic rings. The summed E-state index contributed by atoms with van der Waals surface area (Å²) in [5.41, 5.74) is -0.338. The van der Waals surface area contributed by atoms with Crippen LogP contribution in [0.2, 0.25) is 0 Å². The number of nitrogens with zero attached hydrogens (tertiary/aromatic N) is 4. The molecule has 2 heterocycles. The molecule has 0 radical (unpaired) electrons. The van der Waals surface area contributed by atoms with Gasteiger partial charge in [-0.2, -0.15) is 0 Å². The van der Waals surface area contributed by atoms with Crippen LogP contribution in [-0.4, -0.2) is 40.8 Å². The Kier molecular flexibility index (Phi) is 4.07. The number of ether oxygens (including phenoxy) is 1. The summed E-state index contributed by atoms with van der Waals surface area (Å²) in [5, 5.41) is 7.13. The first-order chi connectivity index (χ1) is 11.9. The van der Waals surface area contributed by atoms with Gasteiger partial charge in [0.15, 0.2) is 11.3 Å². The minimum absolute atomic E-state index is 0.103. The van der Waals surface area contributed by atoms with Gasteiger partial charge in [-0.25, -0.2) is 9.69 Å². The lowest BCUT2D eigenvalue weighted by Gasteiger charge is -2.24. The third kappa shape index (κ3) is 2.57. The molecular formula is C16H16N4O5. The van der Waals surface area contributed by atoms with Gasteiger partial charge in [-0.15, -0.1) is 15.1 Å². The standard InChI is InChI=1S/C16H16N4O5/c1-3-25-14(22)12-8-16(20(17-12)18-24)9-13(21)19(15(16)23)11-6-4-10(2)5-7-11/h4-7H,3,8-9H2,1-2H3/t16-/m0/s1. The number of anilines is 1. The minimum Gasteiger partial charge on any atom is -0.461 e. The van der Waals surface area contributed by atoms with E-state index in [1.54, 1.807) is 31.2 Å². The molecule has 2 aliphatic heterocycles. The molecule has 1 atom stereocenters. The van der Waals surface area contributed by atoms with Crippen LogP contribution in [0.1, 0.15) is 25.3 Å². The summed E-state index contributed by atoms with van der Waals surface area (Å²) in [6.45, 7) is 3.64. The number of hydrazone groups is 1. The van der Waals surface area contributed by atoms with Crippen molar-refractivity contribution in [1.82, 2.24) is 5.12 Å². The van der Waals surface area contributed by atoms with Gasteiger partial charge in [-0.3, -0.25) is 9.59 Å². The van der Waals surface area contributed by atoms with Crippen molar-refractivity contribution in [2.45, 2.75) is 32.2 Å². The van der Waals surface area contributed by atoms with E-state index in [0.717, 1.165) is 10.5 Å². The lowest BCUT2D eigenvalue weighted by atomic mass is 9.92. The lowest BCUT2D eigenvalue weighted by molar-refractivity contribution is -0.135. The van der Waals surface area contributed by atoms with Gasteiger partial charge in [0.2, 0.25) is 5.91 Å². The monoisotopic (exact) mass is 344 g/mol. The van der Waals surface area contributed by atoms with Gasteiger partial charge in [0.05, 0.1) is 24.0 Å². The fourth-order valence-electron chi connectivity index (χ4n) is 2.99. The zero-order chi connectivity index (χ0) is 18.2. The van der Waals surface area contributed by atoms with Gasteiger partial charge in [0.1, 0.15) is 0 Å². The number of hydrogen-bond donors (Lipinski definition) is 0. The Bertz CT molecular complexity index is 788. The molecule has 0 unspecified atom stereocenters. The SMILES string of the molecule is CCOC(=O)C1=NN(N=O)[C@]2(CC(=O)N(c3ccc(C)cc3)C2=O)C1. The highest BCUT2D eigenvalue weighted by Gasteiger charge is 2.61. The van der Waals surface area contributed by atoms with Crippen molar-refractivity contribution in [2.75, 3.05) is 11.5 Å². The highest BCUT2D eigenvalue weighted by Crippen LogP contribution is 2.40. The maximum absolute atomic E-state index is 13.0. The van der Waals surface area contributed by atoms with E-state index in [-0.39, 0.29) is 25.2 Å². The molecule has 25 heavy (non-hydrogen) atoms. The number of benzene rings is 1. The van der Waals surface area contributed by atoms with Crippen molar-refractivity contribution < 1.29 is 19.1 Å². The Morgan fingerprint density at radius 2 is 1.96 bits per heavy atom. The normalized spacial score (nSPS) is 22.6. The highest BCUT2D eigenvalue weighted by molar-refractivity contribution is 6.39. The zero-order valence-corrected chi connectivity index (χ0v) is 13.8. The third-order valence-electron chi connectivity index (χ3n) is 4.23. The van der Waals surface area contributed by atoms with E-state index >= 15 is 0 Å². The number of amides is 2. The predicted octanol–water partition coefficient (Wildman–Crippen LogP) is 1.30. The van der Waals surface area contributed by atoms with Crippen molar-refractivity contribution in [2.24, 2.45) is 10.4 Å². The molecule has 2 amide bonds. The molecule has 0 N–H and O–H groups in total. The van der Waals surface area contributed by atoms with Gasteiger partial charge in [0.25, 0.3) is 5.91 Å². The molecule has 1 spiro atoms. The van der Waals surface area contributed by atoms with Crippen LogP contribution in [0, 0.1) is 11.8 Å². The number of esters is 1. The Labute approximate surface area is 143 Å². The van der Waals surface area contributed by atoms with E-state index in [1.807, 2.05) is 6.92 Å². The van der Waals surface area contributed by atoms with Gasteiger partial charge in [-0.05, 0) is 26.0 Å². The summed E-state index contributed by atoms with van der Waals surface area (Å²) in [6, 6.07) is 6.83. The van der Waals surface area contributed by atoms with E-state index in [4.69, 9.17) is 4.74 Å². The Morgan fingerprint density at radius 3 is 2.56 bits per heavy atom. The average molecular weight is 344 g/mol. The molecule has 1 fully saturated rings. The summed E-state index contributed by atoms with van der Waals surface area (Å²) >= 11 is 0. The second-order valence-electron chi connectivity index (χ2n) is 5.89. The van der Waals surface area contributed by atoms with Gasteiger partial charge < -0.3 is 4.74 Å². The van der Waals surface area contributed by atoms with Gasteiger partial charge in [0, 0.05) is 6.42 Å². The Morgan fingerprint density at radius 1 is 1.28 bits per heavy atom. The van der Waals surface area contributed by atoms with Crippen molar-refractivity contribution >= 4 is 29.2 Å². The Balaban J connectivity index is 1.94. The maximum atomic E-state index is 13.0. The number of rotatable bonds is 4. The Hall–Kier alpha value is -3.10. The summed E-state index contributed by atoms with van der Waals surface area (Å²) in [4.78, 5) is 49.5. The van der Waals surface area contributed by atoms with Gasteiger partial charge in [-0.1, -0.05) is 17.7 Å². The molecule has 1 aromatic rings. The molecule has 9 nitrogen and oxygen atoms in total. The second kappa shape index (κ2) is 6.08. The van der Waals surface area contributed by atoms with Crippen LogP contribution in [-0.2, 0) is 19.1 Å². The van der Waals surface area contributed by atoms with Crippen molar-refractivity contribution in [3.63, 3.8) is 0 Å². The lowest BCUT2D eigenvalue weighted by Crippen LogP contribution is -2.48. The topological polar surface area (TPSA) is 109 Å². The fourth-order valence-corrected chi connectivity index (χ4v) is 2.99. The van der Waals surface area contributed by atoms with E-state index in [1.165, 1.54) is 0 Å². The number of carbonyl (C=O) groups is 3.